The summed E-state index contributed by atoms with van der Waals surface area (Å²) in [5, 5.41) is 14.2. The van der Waals surface area contributed by atoms with Crippen LogP contribution in [0.25, 0.3) is 21.8 Å². The molecule has 0 saturated heterocycles. The number of nitrogens with one attached hydrogen (secondary N) is 4. The SMILES string of the molecule is COC(=O)c1cccc(NC(=O)C(CC2CCCCC2)n2c(=O)[nH]c3ccc(F)cc3c2=O)n1.O=C(O)c1cccc(NC(=O)C(CC2CCCCC2)n2c(=O)[nH]c3ccc(F)cc3c2=O)n1. The van der Waals surface area contributed by atoms with Gasteiger partial charge in [-0.2, -0.15) is 0 Å². The van der Waals surface area contributed by atoms with E-state index in [1.807, 2.05) is 0 Å². The zero-order valence-electron chi connectivity index (χ0n) is 36.4. The van der Waals surface area contributed by atoms with Crippen LogP contribution in [-0.4, -0.2) is 65.0 Å². The summed E-state index contributed by atoms with van der Waals surface area (Å²) in [6.07, 6.45) is 10.2. The van der Waals surface area contributed by atoms with Crippen molar-refractivity contribution in [2.45, 2.75) is 89.1 Å². The van der Waals surface area contributed by atoms with E-state index in [1.54, 1.807) is 0 Å². The summed E-state index contributed by atoms with van der Waals surface area (Å²) in [5.41, 5.74) is -2.93. The molecule has 18 nitrogen and oxygen atoms in total. The highest BCUT2D eigenvalue weighted by Crippen LogP contribution is 2.32. The number of nitrogens with zero attached hydrogens (tertiary/aromatic N) is 4. The second kappa shape index (κ2) is 21.1. The number of carbonyl (C=O) groups is 4. The lowest BCUT2D eigenvalue weighted by Gasteiger charge is -2.26. The van der Waals surface area contributed by atoms with Gasteiger partial charge in [-0.05, 0) is 85.3 Å². The van der Waals surface area contributed by atoms with Crippen LogP contribution in [0, 0.1) is 23.5 Å². The molecule has 6 aromatic rings. The highest BCUT2D eigenvalue weighted by Gasteiger charge is 2.31. The second-order valence-corrected chi connectivity index (χ2v) is 16.7. The zero-order chi connectivity index (χ0) is 47.8. The minimum atomic E-state index is -1.26. The number of amides is 2. The molecular formula is C47H48F2N8O10. The lowest BCUT2D eigenvalue weighted by molar-refractivity contribution is -0.120. The Hall–Kier alpha value is -7.64. The van der Waals surface area contributed by atoms with E-state index >= 15 is 0 Å². The Bertz CT molecular complexity index is 3080. The number of pyridine rings is 2. The summed E-state index contributed by atoms with van der Waals surface area (Å²) < 4.78 is 34.0. The molecule has 2 fully saturated rings. The first kappa shape index (κ1) is 47.3. The van der Waals surface area contributed by atoms with Crippen LogP contribution in [0.5, 0.6) is 0 Å². The number of esters is 1. The number of carboxylic acid groups (broad SMARTS) is 1. The Morgan fingerprint density at radius 1 is 0.657 bits per heavy atom. The molecule has 2 amide bonds. The summed E-state index contributed by atoms with van der Waals surface area (Å²) in [5.74, 6) is -4.13. The van der Waals surface area contributed by atoms with Gasteiger partial charge >= 0.3 is 23.3 Å². The zero-order valence-corrected chi connectivity index (χ0v) is 36.4. The van der Waals surface area contributed by atoms with Crippen LogP contribution in [0.15, 0.2) is 92.0 Å². The number of anilines is 2. The molecule has 2 saturated carbocycles. The quantitative estimate of drug-likeness (QED) is 0.0856. The van der Waals surface area contributed by atoms with Gasteiger partial charge in [0.25, 0.3) is 11.1 Å². The largest absolute Gasteiger partial charge is 0.477 e. The summed E-state index contributed by atoms with van der Waals surface area (Å²) in [6, 6.07) is 13.2. The number of hydrogen-bond donors (Lipinski definition) is 5. The number of H-pyrrole nitrogens is 2. The average Bonchev–Trinajstić information content (AvgIpc) is 3.32. The fourth-order valence-corrected chi connectivity index (χ4v) is 8.87. The number of aromatic nitrogens is 6. The molecule has 2 aliphatic carbocycles. The van der Waals surface area contributed by atoms with Crippen molar-refractivity contribution in [2.24, 2.45) is 11.8 Å². The summed E-state index contributed by atoms with van der Waals surface area (Å²) >= 11 is 0. The van der Waals surface area contributed by atoms with Gasteiger partial charge in [-0.1, -0.05) is 76.3 Å². The van der Waals surface area contributed by atoms with Crippen molar-refractivity contribution in [3.05, 3.63) is 137 Å². The maximum absolute atomic E-state index is 13.8. The van der Waals surface area contributed by atoms with Gasteiger partial charge in [0.05, 0.1) is 28.9 Å². The molecule has 8 rings (SSSR count). The Labute approximate surface area is 379 Å². The molecule has 0 bridgehead atoms. The van der Waals surface area contributed by atoms with Gasteiger partial charge in [0.1, 0.15) is 35.4 Å². The molecule has 20 heteroatoms. The van der Waals surface area contributed by atoms with Crippen molar-refractivity contribution in [3.8, 4) is 0 Å². The highest BCUT2D eigenvalue weighted by molar-refractivity contribution is 5.95. The average molecular weight is 923 g/mol. The van der Waals surface area contributed by atoms with Crippen molar-refractivity contribution < 1.29 is 37.8 Å². The molecule has 2 aliphatic rings. The minimum absolute atomic E-state index is 0.000301. The van der Waals surface area contributed by atoms with Crippen molar-refractivity contribution >= 4 is 57.2 Å². The maximum Gasteiger partial charge on any atom is 0.356 e. The number of aromatic carboxylic acids is 1. The van der Waals surface area contributed by atoms with Crippen LogP contribution in [0.2, 0.25) is 0 Å². The number of methoxy groups -OCH3 is 1. The molecule has 5 N–H and O–H groups in total. The van der Waals surface area contributed by atoms with E-state index < -0.39 is 70.0 Å². The predicted octanol–water partition coefficient (Wildman–Crippen LogP) is 6.23. The minimum Gasteiger partial charge on any atom is -0.477 e. The van der Waals surface area contributed by atoms with E-state index in [9.17, 15) is 47.1 Å². The molecule has 350 valence electrons. The van der Waals surface area contributed by atoms with E-state index in [0.717, 1.165) is 97.6 Å². The summed E-state index contributed by atoms with van der Waals surface area (Å²) in [6.45, 7) is 0. The fourth-order valence-electron chi connectivity index (χ4n) is 8.87. The highest BCUT2D eigenvalue weighted by atomic mass is 19.1. The third-order valence-electron chi connectivity index (χ3n) is 12.2. The number of rotatable bonds is 12. The first-order chi connectivity index (χ1) is 32.2. The summed E-state index contributed by atoms with van der Waals surface area (Å²) in [4.78, 5) is 115. The number of fused-ring (bicyclic) bond motifs is 2. The smallest absolute Gasteiger partial charge is 0.356 e. The maximum atomic E-state index is 13.8. The molecule has 2 atom stereocenters. The Kier molecular flexibility index (Phi) is 14.9. The van der Waals surface area contributed by atoms with Crippen LogP contribution < -0.4 is 33.1 Å². The third-order valence-corrected chi connectivity index (χ3v) is 12.2. The van der Waals surface area contributed by atoms with Gasteiger partial charge in [0.15, 0.2) is 11.4 Å². The topological polar surface area (TPSA) is 257 Å². The Morgan fingerprint density at radius 3 is 1.49 bits per heavy atom. The van der Waals surface area contributed by atoms with Crippen LogP contribution in [0.3, 0.4) is 0 Å². The number of ether oxygens (including phenoxy) is 1. The van der Waals surface area contributed by atoms with Crippen LogP contribution in [0.1, 0.15) is 110 Å². The van der Waals surface area contributed by atoms with Crippen LogP contribution in [0.4, 0.5) is 20.4 Å². The van der Waals surface area contributed by atoms with Gasteiger partial charge < -0.3 is 30.4 Å². The Balaban J connectivity index is 0.000000199. The van der Waals surface area contributed by atoms with E-state index in [1.165, 1.54) is 55.6 Å². The third kappa shape index (κ3) is 11.3. The number of benzene rings is 2. The van der Waals surface area contributed by atoms with E-state index in [4.69, 9.17) is 5.11 Å². The number of carboxylic acids is 1. The molecule has 0 aliphatic heterocycles. The number of hydrogen-bond acceptors (Lipinski definition) is 11. The Morgan fingerprint density at radius 2 is 1.07 bits per heavy atom. The lowest BCUT2D eigenvalue weighted by Crippen LogP contribution is -2.43. The van der Waals surface area contributed by atoms with Gasteiger partial charge in [0.2, 0.25) is 11.8 Å². The molecule has 2 aromatic carbocycles. The monoisotopic (exact) mass is 922 g/mol. The van der Waals surface area contributed by atoms with Gasteiger partial charge in [-0.3, -0.25) is 19.2 Å². The lowest BCUT2D eigenvalue weighted by atomic mass is 9.84. The number of carbonyl (C=O) groups excluding carboxylic acids is 3. The van der Waals surface area contributed by atoms with E-state index in [-0.39, 0.29) is 69.5 Å². The fraction of sp³-hybridized carbons (Fsp3) is 0.362. The van der Waals surface area contributed by atoms with Crippen molar-refractivity contribution in [3.63, 3.8) is 0 Å². The van der Waals surface area contributed by atoms with Crippen LogP contribution in [-0.2, 0) is 14.3 Å². The molecule has 0 radical (unpaired) electrons. The first-order valence-corrected chi connectivity index (χ1v) is 22.0. The summed E-state index contributed by atoms with van der Waals surface area (Å²) in [7, 11) is 1.22. The standard InChI is InChI=1S/C24H25FN4O5.C23H23FN4O5/c1-34-23(32)18-8-5-9-20(26-18)28-21(30)19(12-14-6-3-2-4-7-14)29-22(31)16-13-15(25)10-11-17(16)27-24(29)33;24-14-9-10-16-15(12-14)21(30)28(23(33)26-16)18(11-13-5-2-1-3-6-13)20(29)27-19-8-4-7-17(25-19)22(31)32/h5,8-11,13-14,19H,2-4,6-7,12H2,1H3,(H,27,33)(H,26,28,30);4,7-10,12-13,18H,1-3,5-6,11H2,(H,26,33)(H,31,32)(H,25,27,29). The van der Waals surface area contributed by atoms with Crippen molar-refractivity contribution in [1.82, 2.24) is 29.1 Å². The van der Waals surface area contributed by atoms with Crippen molar-refractivity contribution in [1.29, 1.82) is 0 Å². The molecule has 67 heavy (non-hydrogen) atoms. The van der Waals surface area contributed by atoms with Crippen molar-refractivity contribution in [2.75, 3.05) is 17.7 Å². The van der Waals surface area contributed by atoms with Gasteiger partial charge in [0, 0.05) is 0 Å². The first-order valence-electron chi connectivity index (χ1n) is 22.0. The molecule has 4 heterocycles. The van der Waals surface area contributed by atoms with E-state index in [0.29, 0.717) is 0 Å². The normalized spacial score (nSPS) is 15.2. The van der Waals surface area contributed by atoms with Crippen LogP contribution >= 0.6 is 0 Å². The number of halogens is 2. The van der Waals surface area contributed by atoms with Gasteiger partial charge in [-0.15, -0.1) is 0 Å². The molecule has 2 unspecified atom stereocenters. The van der Waals surface area contributed by atoms with E-state index in [2.05, 4.69) is 35.3 Å². The molecular weight excluding hydrogens is 875 g/mol. The molecule has 4 aromatic heterocycles. The predicted molar refractivity (Wildman–Crippen MR) is 242 cm³/mol. The molecule has 0 spiro atoms. The second-order valence-electron chi connectivity index (χ2n) is 16.7. The number of aromatic amines is 2. The van der Waals surface area contributed by atoms with Gasteiger partial charge in [-0.25, -0.2) is 47.1 Å².